The van der Waals surface area contributed by atoms with Crippen LogP contribution in [0.1, 0.15) is 12.5 Å². The van der Waals surface area contributed by atoms with Gasteiger partial charge in [-0.15, -0.1) is 0 Å². The molecule has 0 aliphatic carbocycles. The Balaban J connectivity index is 1.34. The first-order chi connectivity index (χ1) is 18.6. The van der Waals surface area contributed by atoms with E-state index in [9.17, 15) is 24.7 Å². The van der Waals surface area contributed by atoms with Crippen LogP contribution in [0.4, 0.5) is 11.6 Å². The van der Waals surface area contributed by atoms with Crippen molar-refractivity contribution in [3.63, 3.8) is 0 Å². The fourth-order valence-corrected chi connectivity index (χ4v) is 5.50. The van der Waals surface area contributed by atoms with Gasteiger partial charge >= 0.3 is 18.1 Å². The van der Waals surface area contributed by atoms with Gasteiger partial charge in [0.25, 0.3) is 0 Å². The normalized spacial score (nSPS) is 28.5. The van der Waals surface area contributed by atoms with Gasteiger partial charge in [0.2, 0.25) is 0 Å². The van der Waals surface area contributed by atoms with Gasteiger partial charge in [0, 0.05) is 12.4 Å². The van der Waals surface area contributed by atoms with E-state index in [4.69, 9.17) is 51.3 Å². The molecule has 0 aromatic carbocycles. The predicted molar refractivity (Wildman–Crippen MR) is 136 cm³/mol. The van der Waals surface area contributed by atoms with E-state index in [1.807, 2.05) is 0 Å². The summed E-state index contributed by atoms with van der Waals surface area (Å²) < 4.78 is 35.6. The van der Waals surface area contributed by atoms with E-state index in [1.165, 1.54) is 24.5 Å². The number of nitrogens with zero attached hydrogens (tertiary/aromatic N) is 4. The van der Waals surface area contributed by atoms with Gasteiger partial charge in [-0.05, 0) is 23.9 Å². The molecule has 2 aliphatic rings. The van der Waals surface area contributed by atoms with Crippen LogP contribution in [0, 0.1) is 0 Å². The number of nitrogen functional groups attached to an aromatic ring is 2. The van der Waals surface area contributed by atoms with Gasteiger partial charge < -0.3 is 54.6 Å². The summed E-state index contributed by atoms with van der Waals surface area (Å²) in [5.41, 5.74) is 9.69. The predicted octanol–water partition coefficient (Wildman–Crippen LogP) is -2.54. The Morgan fingerprint density at radius 2 is 1.54 bits per heavy atom. The van der Waals surface area contributed by atoms with E-state index in [-0.39, 0.29) is 51.3 Å². The molecule has 2 aliphatic heterocycles. The zero-order chi connectivity index (χ0) is 28.2. The van der Waals surface area contributed by atoms with Crippen LogP contribution < -0.4 is 22.8 Å². The first-order valence-electron chi connectivity index (χ1n) is 11.7. The average Bonchev–Trinajstić information content (AvgIpc) is 3.43. The Hall–Kier alpha value is -2.35. The summed E-state index contributed by atoms with van der Waals surface area (Å²) in [6.07, 6.45) is -3.10. The quantitative estimate of drug-likeness (QED) is 0.126. The minimum atomic E-state index is -3.88. The highest BCUT2D eigenvalue weighted by molar-refractivity contribution is 8.07. The van der Waals surface area contributed by atoms with Crippen molar-refractivity contribution in [2.24, 2.45) is 0 Å². The molecule has 4 rings (SSSR count). The number of aliphatic hydroxyl groups excluding tert-OH is 2. The third-order valence-electron chi connectivity index (χ3n) is 5.75. The summed E-state index contributed by atoms with van der Waals surface area (Å²) in [4.78, 5) is 42.4. The first kappa shape index (κ1) is 29.6. The number of aromatic nitrogens is 4. The van der Waals surface area contributed by atoms with Gasteiger partial charge in [0.05, 0.1) is 39.6 Å². The Labute approximate surface area is 226 Å². The maximum Gasteiger partial charge on any atom is 0.351 e. The van der Waals surface area contributed by atoms with Gasteiger partial charge in [0.15, 0.2) is 12.5 Å². The third-order valence-corrected chi connectivity index (χ3v) is 7.37. The van der Waals surface area contributed by atoms with Crippen LogP contribution in [-0.4, -0.2) is 98.3 Å². The smallest absolute Gasteiger partial charge is 0.351 e. The van der Waals surface area contributed by atoms with Crippen molar-refractivity contribution in [3.8, 4) is 0 Å². The fourth-order valence-electron chi connectivity index (χ4n) is 4.06. The van der Waals surface area contributed by atoms with Crippen molar-refractivity contribution >= 4 is 30.2 Å². The van der Waals surface area contributed by atoms with E-state index in [0.29, 0.717) is 0 Å². The number of ether oxygens (including phenoxy) is 4. The molecule has 2 fully saturated rings. The molecule has 0 amide bonds. The number of hydrogen-bond acceptors (Lipinski definition) is 15. The summed E-state index contributed by atoms with van der Waals surface area (Å²) in [5, 5.41) is 19.5. The number of anilines is 2. The number of rotatable bonds is 12. The zero-order valence-electron chi connectivity index (χ0n) is 20.4. The highest BCUT2D eigenvalue weighted by Crippen LogP contribution is 2.47. The van der Waals surface area contributed by atoms with Crippen molar-refractivity contribution in [1.29, 1.82) is 0 Å². The molecule has 7 atom stereocenters. The summed E-state index contributed by atoms with van der Waals surface area (Å²) in [6, 6.07) is 2.81. The minimum Gasteiger partial charge on any atom is -0.394 e. The second-order valence-electron chi connectivity index (χ2n) is 8.44. The lowest BCUT2D eigenvalue weighted by atomic mass is 10.2. The number of nitrogens with two attached hydrogens (primary N) is 2. The lowest BCUT2D eigenvalue weighted by Gasteiger charge is -2.26. The highest BCUT2D eigenvalue weighted by Gasteiger charge is 2.44. The summed E-state index contributed by atoms with van der Waals surface area (Å²) in [6.45, 7) is -4.89. The molecule has 4 heterocycles. The Morgan fingerprint density at radius 1 is 0.974 bits per heavy atom. The van der Waals surface area contributed by atoms with E-state index in [1.54, 1.807) is 0 Å². The molecule has 0 saturated carbocycles. The van der Waals surface area contributed by atoms with Crippen LogP contribution in [0.5, 0.6) is 0 Å². The molecular weight excluding hydrogens is 563 g/mol. The van der Waals surface area contributed by atoms with E-state index >= 15 is 0 Å². The molecular formula is C20H29N6O11PS. The van der Waals surface area contributed by atoms with Crippen molar-refractivity contribution in [3.05, 3.63) is 45.5 Å². The van der Waals surface area contributed by atoms with Crippen molar-refractivity contribution < 1.29 is 43.1 Å². The van der Waals surface area contributed by atoms with Crippen molar-refractivity contribution in [2.75, 3.05) is 51.1 Å². The lowest BCUT2D eigenvalue weighted by molar-refractivity contribution is -0.0776. The van der Waals surface area contributed by atoms with Crippen LogP contribution in [0.3, 0.4) is 0 Å². The average molecular weight is 593 g/mol. The molecule has 19 heteroatoms. The van der Waals surface area contributed by atoms with Gasteiger partial charge in [0.1, 0.15) is 36.1 Å². The van der Waals surface area contributed by atoms with Crippen LogP contribution in [0.15, 0.2) is 34.1 Å². The molecule has 0 spiro atoms. The molecule has 39 heavy (non-hydrogen) atoms. The maximum atomic E-state index is 12.3. The Kier molecular flexibility index (Phi) is 9.78. The second kappa shape index (κ2) is 12.9. The first-order valence-corrected chi connectivity index (χ1v) is 14.3. The van der Waals surface area contributed by atoms with Gasteiger partial charge in [-0.25, -0.2) is 9.59 Å². The third kappa shape index (κ3) is 7.24. The maximum absolute atomic E-state index is 12.3. The second-order valence-corrected chi connectivity index (χ2v) is 11.2. The molecule has 0 bridgehead atoms. The molecule has 2 saturated heterocycles. The Morgan fingerprint density at radius 3 is 2.13 bits per heavy atom. The standard InChI is InChI=1S/C20H29N6O11PS/c21-13-1-3-25(19(29)23-13)17-15(11(28)9-34-17)33-7-8-36-38(31,39)37-12-10-35-18(16(12)32-6-5-27)26-4-2-14(22)24-20(26)30/h1-4,11-12,15-18,27-28H,5-10H2,(H,31,39)(H2,21,23,29)(H2,22,24,30)/t11?,12?,15-,16-,17+,18+,38?/m0/s1. The van der Waals surface area contributed by atoms with Crippen LogP contribution >= 0.6 is 6.72 Å². The molecule has 0 radical (unpaired) electrons. The van der Waals surface area contributed by atoms with Crippen LogP contribution in [-0.2, 0) is 39.8 Å². The van der Waals surface area contributed by atoms with Crippen LogP contribution in [0.25, 0.3) is 0 Å². The van der Waals surface area contributed by atoms with E-state index in [2.05, 4.69) is 9.97 Å². The summed E-state index contributed by atoms with van der Waals surface area (Å²) >= 11 is 5.11. The van der Waals surface area contributed by atoms with E-state index in [0.717, 1.165) is 9.13 Å². The zero-order valence-corrected chi connectivity index (χ0v) is 22.1. The van der Waals surface area contributed by atoms with Gasteiger partial charge in [-0.1, -0.05) is 0 Å². The molecule has 7 N–H and O–H groups in total. The van der Waals surface area contributed by atoms with E-state index < -0.39 is 55.0 Å². The highest BCUT2D eigenvalue weighted by atomic mass is 32.5. The monoisotopic (exact) mass is 592 g/mol. The number of aliphatic hydroxyl groups is 2. The van der Waals surface area contributed by atoms with Gasteiger partial charge in [-0.2, -0.15) is 9.97 Å². The minimum absolute atomic E-state index is 0.0246. The molecule has 216 valence electrons. The van der Waals surface area contributed by atoms with Gasteiger partial charge in [-0.3, -0.25) is 9.13 Å². The lowest BCUT2D eigenvalue weighted by Crippen LogP contribution is -2.38. The summed E-state index contributed by atoms with van der Waals surface area (Å²) in [7, 11) is 0. The molecule has 2 aromatic rings. The molecule has 17 nitrogen and oxygen atoms in total. The number of hydrogen-bond donors (Lipinski definition) is 5. The largest absolute Gasteiger partial charge is 0.394 e. The summed E-state index contributed by atoms with van der Waals surface area (Å²) in [5.74, 6) is 0.0612. The van der Waals surface area contributed by atoms with Crippen molar-refractivity contribution in [2.45, 2.75) is 36.9 Å². The fraction of sp³-hybridized carbons (Fsp3) is 0.600. The Bertz CT molecular complexity index is 1300. The van der Waals surface area contributed by atoms with Crippen molar-refractivity contribution in [1.82, 2.24) is 19.1 Å². The molecule has 2 aromatic heterocycles. The van der Waals surface area contributed by atoms with Crippen LogP contribution in [0.2, 0.25) is 0 Å². The molecule has 3 unspecified atom stereocenters. The topological polar surface area (TPSA) is 238 Å². The SMILES string of the molecule is Nc1ccn([C@@H]2OCC(O)[C@@H]2OCCOP(O)(=S)OC2CO[C@@H](n3ccc(N)nc3=O)[C@H]2OCCO)c(=O)n1.